The highest BCUT2D eigenvalue weighted by Gasteiger charge is 2.44. The van der Waals surface area contributed by atoms with Gasteiger partial charge >= 0.3 is 0 Å². The Bertz CT molecular complexity index is 1410. The standard InChI is InChI=1S/C23H13FN4O2/c24-14-10-11-17-18(12-14)27-22(15-8-4-5-9-16(15)23(27)30)28-20(17)25-21(29)19(26-28)13-6-2-1-3-7-13/h1-12,22H. The summed E-state index contributed by atoms with van der Waals surface area (Å²) in [6.07, 6.45) is -0.645. The minimum atomic E-state index is -0.645. The normalized spacial score (nSPS) is 16.0. The van der Waals surface area contributed by atoms with E-state index in [4.69, 9.17) is 0 Å². The maximum atomic E-state index is 14.1. The number of rotatable bonds is 1. The van der Waals surface area contributed by atoms with Gasteiger partial charge in [0.1, 0.15) is 5.82 Å². The van der Waals surface area contributed by atoms with Crippen LogP contribution in [0.15, 0.2) is 77.6 Å². The first-order chi connectivity index (χ1) is 14.6. The van der Waals surface area contributed by atoms with Crippen molar-refractivity contribution in [1.29, 1.82) is 0 Å². The van der Waals surface area contributed by atoms with Crippen molar-refractivity contribution in [3.05, 3.63) is 100 Å². The smallest absolute Gasteiger partial charge is 0.280 e. The number of nitrogens with zero attached hydrogens (tertiary/aromatic N) is 4. The summed E-state index contributed by atoms with van der Waals surface area (Å²) in [4.78, 5) is 31.9. The molecular weight excluding hydrogens is 383 g/mol. The second-order valence-corrected chi connectivity index (χ2v) is 7.20. The fourth-order valence-electron chi connectivity index (χ4n) is 4.20. The predicted octanol–water partition coefficient (Wildman–Crippen LogP) is 3.63. The number of carbonyl (C=O) groups is 1. The van der Waals surface area contributed by atoms with Crippen LogP contribution < -0.4 is 10.5 Å². The largest absolute Gasteiger partial charge is 0.300 e. The van der Waals surface area contributed by atoms with E-state index in [1.807, 2.05) is 30.3 Å². The van der Waals surface area contributed by atoms with Gasteiger partial charge in [-0.1, -0.05) is 48.5 Å². The Balaban J connectivity index is 1.70. The van der Waals surface area contributed by atoms with Crippen molar-refractivity contribution in [2.24, 2.45) is 0 Å². The van der Waals surface area contributed by atoms with Gasteiger partial charge in [-0.15, -0.1) is 0 Å². The molecule has 0 bridgehead atoms. The lowest BCUT2D eigenvalue weighted by atomic mass is 10.1. The van der Waals surface area contributed by atoms with Crippen LogP contribution in [0, 0.1) is 5.82 Å². The summed E-state index contributed by atoms with van der Waals surface area (Å²) in [6.45, 7) is 0. The molecule has 4 aromatic rings. The number of carbonyl (C=O) groups excluding carboxylic acids is 1. The van der Waals surface area contributed by atoms with Crippen LogP contribution in [0.2, 0.25) is 0 Å². The molecule has 30 heavy (non-hydrogen) atoms. The van der Waals surface area contributed by atoms with Crippen LogP contribution in [0.25, 0.3) is 22.6 Å². The van der Waals surface area contributed by atoms with Crippen LogP contribution in [0.3, 0.4) is 0 Å². The molecule has 2 aliphatic heterocycles. The van der Waals surface area contributed by atoms with Crippen LogP contribution >= 0.6 is 0 Å². The van der Waals surface area contributed by atoms with Gasteiger partial charge in [-0.05, 0) is 24.3 Å². The summed E-state index contributed by atoms with van der Waals surface area (Å²) in [7, 11) is 0. The van der Waals surface area contributed by atoms with E-state index >= 15 is 0 Å². The van der Waals surface area contributed by atoms with Crippen LogP contribution in [0.5, 0.6) is 0 Å². The van der Waals surface area contributed by atoms with Gasteiger partial charge in [0, 0.05) is 22.3 Å². The maximum Gasteiger partial charge on any atom is 0.300 e. The SMILES string of the molecule is O=C1c2ccccc2C2N1c1cc(F)ccc1-c1nc(=O)c(-c3ccccc3)nn12. The molecule has 0 fully saturated rings. The molecule has 0 saturated carbocycles. The first-order valence-corrected chi connectivity index (χ1v) is 9.42. The van der Waals surface area contributed by atoms with Gasteiger partial charge in [-0.25, -0.2) is 9.07 Å². The number of halogens is 1. The third kappa shape index (κ3) is 2.17. The first-order valence-electron chi connectivity index (χ1n) is 9.42. The van der Waals surface area contributed by atoms with Crippen molar-refractivity contribution >= 4 is 11.6 Å². The molecule has 1 atom stereocenters. The topological polar surface area (TPSA) is 68.1 Å². The molecule has 3 aromatic carbocycles. The molecule has 0 radical (unpaired) electrons. The quantitative estimate of drug-likeness (QED) is 0.493. The zero-order chi connectivity index (χ0) is 20.4. The highest BCUT2D eigenvalue weighted by atomic mass is 19.1. The Kier molecular flexibility index (Phi) is 3.32. The number of amides is 1. The first kappa shape index (κ1) is 16.8. The lowest BCUT2D eigenvalue weighted by Gasteiger charge is -2.34. The second-order valence-electron chi connectivity index (χ2n) is 7.20. The number of hydrogen-bond acceptors (Lipinski definition) is 4. The fraction of sp³-hybridized carbons (Fsp3) is 0.0435. The van der Waals surface area contributed by atoms with Crippen molar-refractivity contribution in [2.75, 3.05) is 4.90 Å². The molecule has 1 amide bonds. The van der Waals surface area contributed by atoms with Gasteiger partial charge in [-0.2, -0.15) is 10.1 Å². The second kappa shape index (κ2) is 5.93. The van der Waals surface area contributed by atoms with E-state index in [-0.39, 0.29) is 11.6 Å². The summed E-state index contributed by atoms with van der Waals surface area (Å²) in [6, 6.07) is 20.4. The van der Waals surface area contributed by atoms with Gasteiger partial charge in [0.15, 0.2) is 17.7 Å². The predicted molar refractivity (Wildman–Crippen MR) is 109 cm³/mol. The molecule has 7 heteroatoms. The maximum absolute atomic E-state index is 14.1. The summed E-state index contributed by atoms with van der Waals surface area (Å²) >= 11 is 0. The molecule has 1 unspecified atom stereocenters. The van der Waals surface area contributed by atoms with Crippen LogP contribution in [0.1, 0.15) is 22.1 Å². The third-order valence-corrected chi connectivity index (χ3v) is 5.51. The average Bonchev–Trinajstić information content (AvgIpc) is 3.07. The van der Waals surface area contributed by atoms with E-state index in [1.165, 1.54) is 23.1 Å². The van der Waals surface area contributed by atoms with E-state index in [1.54, 1.807) is 28.9 Å². The number of hydrogen-bond donors (Lipinski definition) is 0. The summed E-state index contributed by atoms with van der Waals surface area (Å²) < 4.78 is 15.7. The Morgan fingerprint density at radius 3 is 2.47 bits per heavy atom. The van der Waals surface area contributed by atoms with E-state index in [2.05, 4.69) is 10.1 Å². The molecular formula is C23H13FN4O2. The molecule has 6 rings (SSSR count). The lowest BCUT2D eigenvalue weighted by Crippen LogP contribution is -2.39. The summed E-state index contributed by atoms with van der Waals surface area (Å²) in [5.74, 6) is -0.406. The number of benzene rings is 3. The zero-order valence-corrected chi connectivity index (χ0v) is 15.5. The average molecular weight is 396 g/mol. The third-order valence-electron chi connectivity index (χ3n) is 5.51. The Hall–Kier alpha value is -4.13. The molecule has 0 saturated heterocycles. The van der Waals surface area contributed by atoms with Crippen molar-refractivity contribution in [3.63, 3.8) is 0 Å². The van der Waals surface area contributed by atoms with E-state index in [0.717, 1.165) is 5.56 Å². The van der Waals surface area contributed by atoms with Crippen molar-refractivity contribution < 1.29 is 9.18 Å². The minimum Gasteiger partial charge on any atom is -0.280 e. The zero-order valence-electron chi connectivity index (χ0n) is 15.5. The minimum absolute atomic E-state index is 0.196. The van der Waals surface area contributed by atoms with Crippen LogP contribution in [0.4, 0.5) is 10.1 Å². The number of aromatic nitrogens is 3. The number of anilines is 1. The summed E-state index contributed by atoms with van der Waals surface area (Å²) in [5.41, 5.74) is 2.47. The Labute approximate surface area is 169 Å². The number of fused-ring (bicyclic) bond motifs is 8. The Morgan fingerprint density at radius 1 is 0.867 bits per heavy atom. The Morgan fingerprint density at radius 2 is 1.63 bits per heavy atom. The molecule has 0 aliphatic carbocycles. The van der Waals surface area contributed by atoms with Gasteiger partial charge in [0.05, 0.1) is 5.69 Å². The van der Waals surface area contributed by atoms with Crippen LogP contribution in [-0.4, -0.2) is 20.7 Å². The van der Waals surface area contributed by atoms with E-state index in [9.17, 15) is 14.0 Å². The molecule has 1 aromatic heterocycles. The lowest BCUT2D eigenvalue weighted by molar-refractivity contribution is 0.0986. The molecule has 0 spiro atoms. The van der Waals surface area contributed by atoms with Gasteiger partial charge < -0.3 is 0 Å². The molecule has 2 aliphatic rings. The summed E-state index contributed by atoms with van der Waals surface area (Å²) in [5, 5.41) is 4.63. The van der Waals surface area contributed by atoms with E-state index < -0.39 is 17.5 Å². The monoisotopic (exact) mass is 396 g/mol. The highest BCUT2D eigenvalue weighted by Crippen LogP contribution is 2.46. The van der Waals surface area contributed by atoms with Gasteiger partial charge in [0.25, 0.3) is 11.5 Å². The molecule has 0 N–H and O–H groups in total. The molecule has 6 nitrogen and oxygen atoms in total. The van der Waals surface area contributed by atoms with Crippen molar-refractivity contribution in [1.82, 2.24) is 14.8 Å². The van der Waals surface area contributed by atoms with Gasteiger partial charge in [-0.3, -0.25) is 14.5 Å². The molecule has 144 valence electrons. The molecule has 3 heterocycles. The van der Waals surface area contributed by atoms with Crippen molar-refractivity contribution in [2.45, 2.75) is 6.17 Å². The van der Waals surface area contributed by atoms with Crippen LogP contribution in [-0.2, 0) is 0 Å². The van der Waals surface area contributed by atoms with Gasteiger partial charge in [0.2, 0.25) is 0 Å². The van der Waals surface area contributed by atoms with E-state index in [0.29, 0.717) is 28.2 Å². The van der Waals surface area contributed by atoms with Crippen molar-refractivity contribution in [3.8, 4) is 22.6 Å². The highest BCUT2D eigenvalue weighted by molar-refractivity contribution is 6.13. The fourth-order valence-corrected chi connectivity index (χ4v) is 4.20.